The number of benzene rings is 2. The number of carbonyl (C=O) groups excluding carboxylic acids is 2. The van der Waals surface area contributed by atoms with Crippen molar-refractivity contribution in [2.75, 3.05) is 0 Å². The molecule has 2 rings (SSSR count). The van der Waals surface area contributed by atoms with Gasteiger partial charge in [0.2, 0.25) is 5.91 Å². The van der Waals surface area contributed by atoms with Crippen LogP contribution in [0.15, 0.2) is 60.7 Å². The third-order valence-corrected chi connectivity index (χ3v) is 5.89. The van der Waals surface area contributed by atoms with E-state index in [9.17, 15) is 9.59 Å². The first-order valence-electron chi connectivity index (χ1n) is 12.2. The molecule has 2 aromatic rings. The van der Waals surface area contributed by atoms with Crippen LogP contribution in [0.5, 0.6) is 0 Å². The molecule has 0 radical (unpaired) electrons. The molecule has 0 saturated heterocycles. The Morgan fingerprint density at radius 2 is 1.71 bits per heavy atom. The van der Waals surface area contributed by atoms with Crippen molar-refractivity contribution in [3.8, 4) is 0 Å². The van der Waals surface area contributed by atoms with Crippen LogP contribution in [0.3, 0.4) is 0 Å². The van der Waals surface area contributed by atoms with E-state index < -0.39 is 11.5 Å². The standard InChI is InChI=1S/C29H40N2O3/c1-6-11-24(27(32)31-30)20-26(23-18-16-21(2)17-19-23)25(28(33)34-29(3,4)5)15-10-14-22-12-8-7-9-13-22/h7-10,12-14,16-19,24-26H,6,11,15,20,30H2,1-5H3,(H,31,32)/b14-10+/t24?,25-,26-/m0/s1. The summed E-state index contributed by atoms with van der Waals surface area (Å²) in [5.74, 6) is 4.14. The van der Waals surface area contributed by atoms with Crippen LogP contribution < -0.4 is 11.3 Å². The molecule has 34 heavy (non-hydrogen) atoms. The molecule has 0 saturated carbocycles. The van der Waals surface area contributed by atoms with Crippen LogP contribution in [0, 0.1) is 18.8 Å². The Labute approximate surface area is 204 Å². The van der Waals surface area contributed by atoms with Crippen molar-refractivity contribution in [1.82, 2.24) is 5.43 Å². The lowest BCUT2D eigenvalue weighted by Gasteiger charge is -2.31. The lowest BCUT2D eigenvalue weighted by Crippen LogP contribution is -2.38. The predicted molar refractivity (Wildman–Crippen MR) is 139 cm³/mol. The molecule has 0 aliphatic carbocycles. The Hall–Kier alpha value is -2.92. The van der Waals surface area contributed by atoms with E-state index >= 15 is 0 Å². The second-order valence-corrected chi connectivity index (χ2v) is 9.94. The number of aryl methyl sites for hydroxylation is 1. The van der Waals surface area contributed by atoms with Crippen LogP contribution in [0.2, 0.25) is 0 Å². The minimum atomic E-state index is -0.603. The molecule has 1 amide bonds. The maximum absolute atomic E-state index is 13.5. The molecule has 0 aliphatic heterocycles. The van der Waals surface area contributed by atoms with Gasteiger partial charge < -0.3 is 4.74 Å². The quantitative estimate of drug-likeness (QED) is 0.187. The van der Waals surface area contributed by atoms with Gasteiger partial charge in [0.1, 0.15) is 5.60 Å². The Morgan fingerprint density at radius 1 is 1.06 bits per heavy atom. The third-order valence-electron chi connectivity index (χ3n) is 5.89. The molecule has 184 valence electrons. The molecule has 0 bridgehead atoms. The van der Waals surface area contributed by atoms with E-state index in [1.807, 2.05) is 89.2 Å². The first kappa shape index (κ1) is 27.3. The maximum Gasteiger partial charge on any atom is 0.310 e. The summed E-state index contributed by atoms with van der Waals surface area (Å²) >= 11 is 0. The van der Waals surface area contributed by atoms with E-state index in [2.05, 4.69) is 17.6 Å². The van der Waals surface area contributed by atoms with Crippen LogP contribution in [0.1, 0.15) is 76.0 Å². The fourth-order valence-corrected chi connectivity index (χ4v) is 4.19. The summed E-state index contributed by atoms with van der Waals surface area (Å²) in [5.41, 5.74) is 4.96. The maximum atomic E-state index is 13.5. The molecular formula is C29H40N2O3. The van der Waals surface area contributed by atoms with E-state index in [1.165, 1.54) is 0 Å². The van der Waals surface area contributed by atoms with Crippen LogP contribution >= 0.6 is 0 Å². The number of allylic oxidation sites excluding steroid dienone is 1. The van der Waals surface area contributed by atoms with E-state index in [4.69, 9.17) is 10.6 Å². The summed E-state index contributed by atoms with van der Waals surface area (Å²) in [5, 5.41) is 0. The van der Waals surface area contributed by atoms with Crippen molar-refractivity contribution in [1.29, 1.82) is 0 Å². The van der Waals surface area contributed by atoms with Crippen molar-refractivity contribution in [3.05, 3.63) is 77.4 Å². The molecule has 0 heterocycles. The normalized spacial score (nSPS) is 14.4. The highest BCUT2D eigenvalue weighted by atomic mass is 16.6. The molecule has 3 N–H and O–H groups in total. The van der Waals surface area contributed by atoms with Crippen LogP contribution in [-0.4, -0.2) is 17.5 Å². The molecule has 5 heteroatoms. The van der Waals surface area contributed by atoms with Crippen molar-refractivity contribution in [2.45, 2.75) is 71.8 Å². The summed E-state index contributed by atoms with van der Waals surface area (Å²) in [4.78, 5) is 26.1. The Balaban J connectivity index is 2.46. The topological polar surface area (TPSA) is 81.4 Å². The molecule has 0 aliphatic rings. The minimum Gasteiger partial charge on any atom is -0.460 e. The van der Waals surface area contributed by atoms with Crippen molar-refractivity contribution in [3.63, 3.8) is 0 Å². The first-order valence-corrected chi connectivity index (χ1v) is 12.2. The third kappa shape index (κ3) is 8.79. The summed E-state index contributed by atoms with van der Waals surface area (Å²) in [7, 11) is 0. The second kappa shape index (κ2) is 13.1. The zero-order valence-corrected chi connectivity index (χ0v) is 21.2. The number of rotatable bonds is 11. The number of hydrogen-bond acceptors (Lipinski definition) is 4. The van der Waals surface area contributed by atoms with Gasteiger partial charge in [-0.15, -0.1) is 0 Å². The fourth-order valence-electron chi connectivity index (χ4n) is 4.19. The number of amides is 1. The Bertz CT molecular complexity index is 930. The number of esters is 1. The van der Waals surface area contributed by atoms with Crippen LogP contribution in [0.25, 0.3) is 6.08 Å². The van der Waals surface area contributed by atoms with Gasteiger partial charge in [0.25, 0.3) is 0 Å². The van der Waals surface area contributed by atoms with Gasteiger partial charge in [-0.1, -0.05) is 85.7 Å². The average Bonchev–Trinajstić information content (AvgIpc) is 2.79. The van der Waals surface area contributed by atoms with E-state index in [1.54, 1.807) is 0 Å². The lowest BCUT2D eigenvalue weighted by atomic mass is 9.76. The number of nitrogens with two attached hydrogens (primary N) is 1. The fraction of sp³-hybridized carbons (Fsp3) is 0.448. The van der Waals surface area contributed by atoms with E-state index in [0.29, 0.717) is 19.3 Å². The monoisotopic (exact) mass is 464 g/mol. The second-order valence-electron chi connectivity index (χ2n) is 9.94. The van der Waals surface area contributed by atoms with Gasteiger partial charge in [-0.25, -0.2) is 5.84 Å². The number of ether oxygens (including phenoxy) is 1. The summed E-state index contributed by atoms with van der Waals surface area (Å²) in [6, 6.07) is 18.2. The van der Waals surface area contributed by atoms with Gasteiger partial charge in [-0.05, 0) is 64.0 Å². The molecular weight excluding hydrogens is 424 g/mol. The van der Waals surface area contributed by atoms with Crippen LogP contribution in [0.4, 0.5) is 0 Å². The zero-order valence-electron chi connectivity index (χ0n) is 21.2. The number of carbonyl (C=O) groups is 2. The smallest absolute Gasteiger partial charge is 0.310 e. The van der Waals surface area contributed by atoms with Gasteiger partial charge >= 0.3 is 5.97 Å². The number of hydrogen-bond donors (Lipinski definition) is 2. The number of hydrazine groups is 1. The van der Waals surface area contributed by atoms with Crippen molar-refractivity contribution < 1.29 is 14.3 Å². The molecule has 0 aromatic heterocycles. The molecule has 3 atom stereocenters. The highest BCUT2D eigenvalue weighted by molar-refractivity contribution is 5.79. The van der Waals surface area contributed by atoms with Gasteiger partial charge in [0, 0.05) is 5.92 Å². The summed E-state index contributed by atoms with van der Waals surface area (Å²) in [6.45, 7) is 9.72. The van der Waals surface area contributed by atoms with E-state index in [-0.39, 0.29) is 23.7 Å². The SMILES string of the molecule is CCCC(C[C@@H](c1ccc(C)cc1)[C@H](C/C=C/c1ccccc1)C(=O)OC(C)(C)C)C(=O)NN. The Kier molecular flexibility index (Phi) is 10.5. The highest BCUT2D eigenvalue weighted by Gasteiger charge is 2.35. The van der Waals surface area contributed by atoms with Gasteiger partial charge in [-0.3, -0.25) is 15.0 Å². The minimum absolute atomic E-state index is 0.190. The van der Waals surface area contributed by atoms with Crippen molar-refractivity contribution in [2.24, 2.45) is 17.7 Å². The van der Waals surface area contributed by atoms with E-state index in [0.717, 1.165) is 23.1 Å². The van der Waals surface area contributed by atoms with Gasteiger partial charge in [0.15, 0.2) is 0 Å². The van der Waals surface area contributed by atoms with Gasteiger partial charge in [-0.2, -0.15) is 0 Å². The summed E-state index contributed by atoms with van der Waals surface area (Å²) < 4.78 is 5.86. The average molecular weight is 465 g/mol. The molecule has 0 spiro atoms. The van der Waals surface area contributed by atoms with Crippen LogP contribution in [-0.2, 0) is 14.3 Å². The van der Waals surface area contributed by atoms with Crippen molar-refractivity contribution >= 4 is 18.0 Å². The Morgan fingerprint density at radius 3 is 2.26 bits per heavy atom. The molecule has 2 aromatic carbocycles. The largest absolute Gasteiger partial charge is 0.460 e. The predicted octanol–water partition coefficient (Wildman–Crippen LogP) is 5.94. The molecule has 0 fully saturated rings. The number of nitrogens with one attached hydrogen (secondary N) is 1. The van der Waals surface area contributed by atoms with Gasteiger partial charge in [0.05, 0.1) is 5.92 Å². The zero-order chi connectivity index (χ0) is 25.1. The lowest BCUT2D eigenvalue weighted by molar-refractivity contribution is -0.161. The summed E-state index contributed by atoms with van der Waals surface area (Å²) in [6.07, 6.45) is 6.63. The molecule has 5 nitrogen and oxygen atoms in total. The highest BCUT2D eigenvalue weighted by Crippen LogP contribution is 2.37. The molecule has 1 unspecified atom stereocenters. The first-order chi connectivity index (χ1) is 16.1.